The highest BCUT2D eigenvalue weighted by Gasteiger charge is 2.22. The van der Waals surface area contributed by atoms with Gasteiger partial charge >= 0.3 is 0 Å². The summed E-state index contributed by atoms with van der Waals surface area (Å²) in [6.45, 7) is 4.23. The Labute approximate surface area is 196 Å². The van der Waals surface area contributed by atoms with Crippen molar-refractivity contribution < 1.29 is 9.59 Å². The van der Waals surface area contributed by atoms with E-state index in [4.69, 9.17) is 0 Å². The van der Waals surface area contributed by atoms with Gasteiger partial charge in [0.05, 0.1) is 5.69 Å². The minimum atomic E-state index is -0.0966. The fourth-order valence-corrected chi connectivity index (χ4v) is 4.74. The van der Waals surface area contributed by atoms with E-state index in [1.165, 1.54) is 5.56 Å². The number of carbonyl (C=O) groups excluding carboxylic acids is 2. The lowest BCUT2D eigenvalue weighted by atomic mass is 9.90. The van der Waals surface area contributed by atoms with Gasteiger partial charge in [-0.15, -0.1) is 0 Å². The highest BCUT2D eigenvalue weighted by Crippen LogP contribution is 2.22. The van der Waals surface area contributed by atoms with Crippen LogP contribution in [-0.4, -0.2) is 45.7 Å². The van der Waals surface area contributed by atoms with Gasteiger partial charge in [-0.1, -0.05) is 42.8 Å². The summed E-state index contributed by atoms with van der Waals surface area (Å²) in [5.74, 6) is 0.857. The lowest BCUT2D eigenvalue weighted by Gasteiger charge is -2.32. The molecule has 1 fully saturated rings. The van der Waals surface area contributed by atoms with Gasteiger partial charge in [0.2, 0.25) is 5.91 Å². The Balaban J connectivity index is 1.11. The average molecular weight is 447 g/mol. The van der Waals surface area contributed by atoms with Crippen molar-refractivity contribution in [1.29, 1.82) is 0 Å². The number of fused-ring (bicyclic) bond motifs is 1. The number of hydrogen-bond acceptors (Lipinski definition) is 3. The Hall–Kier alpha value is -3.15. The van der Waals surface area contributed by atoms with Gasteiger partial charge in [0, 0.05) is 32.3 Å². The maximum absolute atomic E-state index is 12.6. The Morgan fingerprint density at radius 2 is 1.76 bits per heavy atom. The van der Waals surface area contributed by atoms with Crippen molar-refractivity contribution in [3.63, 3.8) is 0 Å². The molecule has 174 valence electrons. The second kappa shape index (κ2) is 11.1. The van der Waals surface area contributed by atoms with Gasteiger partial charge in [-0.2, -0.15) is 0 Å². The molecule has 1 saturated heterocycles. The summed E-state index contributed by atoms with van der Waals surface area (Å²) in [6.07, 6.45) is 8.43. The molecule has 6 heteroatoms. The molecule has 0 bridgehead atoms. The Morgan fingerprint density at radius 3 is 2.55 bits per heavy atom. The number of nitrogens with one attached hydrogen (secondary N) is 1. The number of benzene rings is 1. The van der Waals surface area contributed by atoms with Crippen molar-refractivity contribution in [3.05, 3.63) is 71.7 Å². The van der Waals surface area contributed by atoms with Crippen LogP contribution in [0.1, 0.15) is 60.3 Å². The van der Waals surface area contributed by atoms with Crippen LogP contribution in [0.2, 0.25) is 0 Å². The van der Waals surface area contributed by atoms with Crippen molar-refractivity contribution in [2.24, 2.45) is 5.92 Å². The molecule has 0 saturated carbocycles. The number of rotatable bonds is 9. The van der Waals surface area contributed by atoms with E-state index in [9.17, 15) is 9.59 Å². The SMILES string of the molecule is Cc1nc2ccccn2c1C(=O)NCCCCCC(=O)N1CCC(Cc2ccccc2)CC1. The van der Waals surface area contributed by atoms with Crippen molar-refractivity contribution in [2.45, 2.75) is 51.9 Å². The minimum Gasteiger partial charge on any atom is -0.351 e. The fraction of sp³-hybridized carbons (Fsp3) is 0.444. The predicted octanol–water partition coefficient (Wildman–Crippen LogP) is 4.41. The molecule has 0 aliphatic carbocycles. The van der Waals surface area contributed by atoms with Crippen LogP contribution in [0.4, 0.5) is 0 Å². The van der Waals surface area contributed by atoms with Crippen molar-refractivity contribution in [3.8, 4) is 0 Å². The Bertz CT molecular complexity index is 1070. The first kappa shape index (κ1) is 23.0. The number of pyridine rings is 1. The van der Waals surface area contributed by atoms with Gasteiger partial charge < -0.3 is 10.2 Å². The molecule has 1 aromatic carbocycles. The number of piperidine rings is 1. The molecule has 0 atom stereocenters. The zero-order valence-corrected chi connectivity index (χ0v) is 19.5. The molecule has 33 heavy (non-hydrogen) atoms. The normalized spacial score (nSPS) is 14.5. The van der Waals surface area contributed by atoms with E-state index >= 15 is 0 Å². The second-order valence-electron chi connectivity index (χ2n) is 9.06. The first-order valence-electron chi connectivity index (χ1n) is 12.2. The van der Waals surface area contributed by atoms with E-state index in [2.05, 4.69) is 40.6 Å². The molecule has 6 nitrogen and oxygen atoms in total. The standard InChI is InChI=1S/C27H34N4O2/c1-21-26(31-17-9-7-12-24(31)29-21)27(33)28-16-8-3-6-13-25(32)30-18-14-23(15-19-30)20-22-10-4-2-5-11-22/h2,4-5,7,9-12,17,23H,3,6,8,13-16,18-20H2,1H3,(H,28,33). The molecule has 0 unspecified atom stereocenters. The van der Waals surface area contributed by atoms with E-state index in [-0.39, 0.29) is 11.8 Å². The Kier molecular flexibility index (Phi) is 7.76. The molecular weight excluding hydrogens is 412 g/mol. The van der Waals surface area contributed by atoms with Crippen LogP contribution in [0, 0.1) is 12.8 Å². The molecular formula is C27H34N4O2. The van der Waals surface area contributed by atoms with Gasteiger partial charge in [-0.3, -0.25) is 14.0 Å². The van der Waals surface area contributed by atoms with Gasteiger partial charge in [-0.25, -0.2) is 4.98 Å². The maximum Gasteiger partial charge on any atom is 0.270 e. The van der Waals surface area contributed by atoms with Crippen LogP contribution >= 0.6 is 0 Å². The summed E-state index contributed by atoms with van der Waals surface area (Å²) >= 11 is 0. The number of nitrogens with zero attached hydrogens (tertiary/aromatic N) is 3. The van der Waals surface area contributed by atoms with E-state index < -0.39 is 0 Å². The topological polar surface area (TPSA) is 66.7 Å². The molecule has 3 aromatic rings. The molecule has 0 spiro atoms. The van der Waals surface area contributed by atoms with E-state index in [1.54, 1.807) is 0 Å². The van der Waals surface area contributed by atoms with E-state index in [1.807, 2.05) is 40.6 Å². The van der Waals surface area contributed by atoms with Gasteiger partial charge in [-0.05, 0) is 62.6 Å². The highest BCUT2D eigenvalue weighted by atomic mass is 16.2. The first-order valence-corrected chi connectivity index (χ1v) is 12.2. The molecule has 0 radical (unpaired) electrons. The van der Waals surface area contributed by atoms with Crippen molar-refractivity contribution >= 4 is 17.5 Å². The van der Waals surface area contributed by atoms with E-state index in [0.717, 1.165) is 63.0 Å². The van der Waals surface area contributed by atoms with Crippen molar-refractivity contribution in [2.75, 3.05) is 19.6 Å². The monoisotopic (exact) mass is 446 g/mol. The minimum absolute atomic E-state index is 0.0966. The molecule has 1 N–H and O–H groups in total. The number of amides is 2. The number of unbranched alkanes of at least 4 members (excludes halogenated alkanes) is 2. The number of likely N-dealkylation sites (tertiary alicyclic amines) is 1. The summed E-state index contributed by atoms with van der Waals surface area (Å²) in [5.41, 5.74) is 3.50. The second-order valence-corrected chi connectivity index (χ2v) is 9.06. The first-order chi connectivity index (χ1) is 16.1. The molecule has 4 rings (SSSR count). The third-order valence-electron chi connectivity index (χ3n) is 6.61. The van der Waals surface area contributed by atoms with Gasteiger partial charge in [0.25, 0.3) is 5.91 Å². The quantitative estimate of drug-likeness (QED) is 0.495. The molecule has 3 heterocycles. The molecule has 2 aromatic heterocycles. The lowest BCUT2D eigenvalue weighted by molar-refractivity contribution is -0.132. The molecule has 1 aliphatic heterocycles. The van der Waals surface area contributed by atoms with Crippen LogP contribution in [-0.2, 0) is 11.2 Å². The van der Waals surface area contributed by atoms with Crippen LogP contribution < -0.4 is 5.32 Å². The molecule has 1 aliphatic rings. The number of carbonyl (C=O) groups is 2. The summed E-state index contributed by atoms with van der Waals surface area (Å²) < 4.78 is 1.83. The third kappa shape index (κ3) is 6.01. The predicted molar refractivity (Wildman–Crippen MR) is 130 cm³/mol. The van der Waals surface area contributed by atoms with Crippen LogP contribution in [0.15, 0.2) is 54.7 Å². The zero-order valence-electron chi connectivity index (χ0n) is 19.5. The van der Waals surface area contributed by atoms with Crippen LogP contribution in [0.3, 0.4) is 0 Å². The third-order valence-corrected chi connectivity index (χ3v) is 6.61. The van der Waals surface area contributed by atoms with Gasteiger partial charge in [0.15, 0.2) is 0 Å². The number of aromatic nitrogens is 2. The summed E-state index contributed by atoms with van der Waals surface area (Å²) in [4.78, 5) is 31.6. The lowest BCUT2D eigenvalue weighted by Crippen LogP contribution is -2.38. The van der Waals surface area contributed by atoms with E-state index in [0.29, 0.717) is 24.6 Å². The van der Waals surface area contributed by atoms with Crippen LogP contribution in [0.5, 0.6) is 0 Å². The molecule has 2 amide bonds. The summed E-state index contributed by atoms with van der Waals surface area (Å²) in [7, 11) is 0. The fourth-order valence-electron chi connectivity index (χ4n) is 4.74. The maximum atomic E-state index is 12.6. The largest absolute Gasteiger partial charge is 0.351 e. The number of aryl methyl sites for hydroxylation is 1. The van der Waals surface area contributed by atoms with Crippen molar-refractivity contribution in [1.82, 2.24) is 19.6 Å². The highest BCUT2D eigenvalue weighted by molar-refractivity contribution is 5.94. The summed E-state index contributed by atoms with van der Waals surface area (Å²) in [6, 6.07) is 16.3. The number of imidazole rings is 1. The van der Waals surface area contributed by atoms with Crippen LogP contribution in [0.25, 0.3) is 5.65 Å². The smallest absolute Gasteiger partial charge is 0.270 e. The van der Waals surface area contributed by atoms with Gasteiger partial charge in [0.1, 0.15) is 11.3 Å². The summed E-state index contributed by atoms with van der Waals surface area (Å²) in [5, 5.41) is 3.00. The number of hydrogen-bond donors (Lipinski definition) is 1. The zero-order chi connectivity index (χ0) is 23.0. The Morgan fingerprint density at radius 1 is 1.00 bits per heavy atom. The average Bonchev–Trinajstić information content (AvgIpc) is 3.18.